The lowest BCUT2D eigenvalue weighted by Gasteiger charge is -2.09. The zero-order chi connectivity index (χ0) is 17.2. The van der Waals surface area contributed by atoms with Crippen LogP contribution in [0.25, 0.3) is 11.0 Å². The second-order valence-electron chi connectivity index (χ2n) is 6.29. The Hall–Kier alpha value is -2.96. The Morgan fingerprint density at radius 3 is 3.04 bits per heavy atom. The maximum Gasteiger partial charge on any atom is 0.326 e. The molecule has 2 aromatic heterocycles. The van der Waals surface area contributed by atoms with Crippen molar-refractivity contribution in [2.24, 2.45) is 0 Å². The lowest BCUT2D eigenvalue weighted by Crippen LogP contribution is -2.17. The third-order valence-corrected chi connectivity index (χ3v) is 4.44. The van der Waals surface area contributed by atoms with Gasteiger partial charge >= 0.3 is 5.69 Å². The Balaban J connectivity index is 1.82. The standard InChI is InChI=1S/C18H21N5O2/c19-17-16-14-10-15(21-17)25-8-3-1-2-7-20-13-6-4-5-12(9-13)11-23(14)18(24)22-16/h4-6,9-10,20H,1-3,7-8,11H2,(H2,19,21)(H,22,24). The Morgan fingerprint density at radius 2 is 2.12 bits per heavy atom. The Labute approximate surface area is 144 Å². The first-order chi connectivity index (χ1) is 12.2. The average Bonchev–Trinajstić information content (AvgIpc) is 2.90. The maximum absolute atomic E-state index is 12.4. The van der Waals surface area contributed by atoms with Crippen molar-refractivity contribution in [3.63, 3.8) is 0 Å². The second-order valence-corrected chi connectivity index (χ2v) is 6.29. The van der Waals surface area contributed by atoms with Crippen LogP contribution in [0.4, 0.5) is 11.5 Å². The molecule has 0 atom stereocenters. The summed E-state index contributed by atoms with van der Waals surface area (Å²) in [6.07, 6.45) is 3.09. The second kappa shape index (κ2) is 6.51. The van der Waals surface area contributed by atoms with Gasteiger partial charge in [-0.3, -0.25) is 4.57 Å². The molecule has 0 aliphatic carbocycles. The molecule has 0 fully saturated rings. The zero-order valence-electron chi connectivity index (χ0n) is 13.9. The van der Waals surface area contributed by atoms with Gasteiger partial charge < -0.3 is 20.8 Å². The van der Waals surface area contributed by atoms with E-state index in [-0.39, 0.29) is 11.5 Å². The summed E-state index contributed by atoms with van der Waals surface area (Å²) in [5.74, 6) is 0.739. The molecule has 3 aromatic rings. The number of hydrogen-bond acceptors (Lipinski definition) is 5. The fourth-order valence-corrected chi connectivity index (χ4v) is 3.16. The highest BCUT2D eigenvalue weighted by Gasteiger charge is 2.13. The van der Waals surface area contributed by atoms with Crippen molar-refractivity contribution in [2.45, 2.75) is 25.8 Å². The van der Waals surface area contributed by atoms with E-state index in [1.807, 2.05) is 18.2 Å². The van der Waals surface area contributed by atoms with E-state index >= 15 is 0 Å². The van der Waals surface area contributed by atoms with Crippen LogP contribution in [0.3, 0.4) is 0 Å². The van der Waals surface area contributed by atoms with Crippen LogP contribution in [0.5, 0.6) is 5.88 Å². The summed E-state index contributed by atoms with van der Waals surface area (Å²) in [6.45, 7) is 1.95. The summed E-state index contributed by atoms with van der Waals surface area (Å²) in [4.78, 5) is 19.5. The predicted molar refractivity (Wildman–Crippen MR) is 98.1 cm³/mol. The number of aromatic nitrogens is 3. The summed E-state index contributed by atoms with van der Waals surface area (Å²) >= 11 is 0. The minimum atomic E-state index is -0.205. The molecule has 0 unspecified atom stereocenters. The molecular weight excluding hydrogens is 318 g/mol. The highest BCUT2D eigenvalue weighted by molar-refractivity contribution is 5.85. The van der Waals surface area contributed by atoms with Gasteiger partial charge in [-0.15, -0.1) is 0 Å². The van der Waals surface area contributed by atoms with Crippen molar-refractivity contribution in [3.05, 3.63) is 46.4 Å². The predicted octanol–water partition coefficient (Wildman–Crippen LogP) is 2.33. The topological polar surface area (TPSA) is 98.0 Å². The van der Waals surface area contributed by atoms with E-state index in [2.05, 4.69) is 21.4 Å². The normalized spacial score (nSPS) is 15.2. The Bertz CT molecular complexity index is 960. The molecule has 0 amide bonds. The summed E-state index contributed by atoms with van der Waals surface area (Å²) in [7, 11) is 0. The molecule has 25 heavy (non-hydrogen) atoms. The number of nitrogen functional groups attached to an aromatic ring is 1. The van der Waals surface area contributed by atoms with Crippen LogP contribution in [0.1, 0.15) is 24.8 Å². The number of benzene rings is 1. The van der Waals surface area contributed by atoms with E-state index in [1.165, 1.54) is 0 Å². The van der Waals surface area contributed by atoms with Crippen molar-refractivity contribution < 1.29 is 4.74 Å². The van der Waals surface area contributed by atoms with E-state index in [4.69, 9.17) is 10.5 Å². The van der Waals surface area contributed by atoms with Crippen LogP contribution in [0, 0.1) is 0 Å². The van der Waals surface area contributed by atoms with Crippen LogP contribution in [0.15, 0.2) is 35.1 Å². The molecule has 4 bridgehead atoms. The molecule has 3 heterocycles. The lowest BCUT2D eigenvalue weighted by molar-refractivity contribution is 0.295. The van der Waals surface area contributed by atoms with Gasteiger partial charge in [-0.2, -0.15) is 4.98 Å². The number of rotatable bonds is 0. The summed E-state index contributed by atoms with van der Waals surface area (Å²) in [6, 6.07) is 9.91. The van der Waals surface area contributed by atoms with Crippen molar-refractivity contribution in [1.29, 1.82) is 0 Å². The van der Waals surface area contributed by atoms with Gasteiger partial charge in [-0.1, -0.05) is 12.1 Å². The molecule has 0 saturated carbocycles. The number of H-pyrrole nitrogens is 1. The number of aromatic amines is 1. The fraction of sp³-hybridized carbons (Fsp3) is 0.333. The number of anilines is 2. The van der Waals surface area contributed by atoms with Crippen molar-refractivity contribution in [2.75, 3.05) is 24.2 Å². The van der Waals surface area contributed by atoms with Gasteiger partial charge in [0.2, 0.25) is 5.88 Å². The van der Waals surface area contributed by atoms with Crippen LogP contribution in [0.2, 0.25) is 0 Å². The SMILES string of the molecule is Nc1nc2cc3c1[nH]c(=O)n3Cc1cccc(c1)NCCCCCO2. The van der Waals surface area contributed by atoms with Gasteiger partial charge in [0.1, 0.15) is 5.52 Å². The first-order valence-electron chi connectivity index (χ1n) is 8.55. The van der Waals surface area contributed by atoms with Crippen LogP contribution < -0.4 is 21.5 Å². The molecule has 0 radical (unpaired) electrons. The number of hydrogen-bond donors (Lipinski definition) is 3. The summed E-state index contributed by atoms with van der Waals surface area (Å²) < 4.78 is 7.40. The summed E-state index contributed by atoms with van der Waals surface area (Å²) in [5.41, 5.74) is 9.18. The first-order valence-corrected chi connectivity index (χ1v) is 8.55. The fourth-order valence-electron chi connectivity index (χ4n) is 3.16. The van der Waals surface area contributed by atoms with Gasteiger partial charge in [0.05, 0.1) is 18.7 Å². The molecule has 130 valence electrons. The van der Waals surface area contributed by atoms with Crippen LogP contribution in [-0.2, 0) is 6.54 Å². The molecule has 1 aromatic carbocycles. The molecule has 7 nitrogen and oxygen atoms in total. The molecule has 7 heteroatoms. The van der Waals surface area contributed by atoms with E-state index in [1.54, 1.807) is 10.6 Å². The van der Waals surface area contributed by atoms with Gasteiger partial charge in [-0.05, 0) is 37.0 Å². The number of ether oxygens (including phenoxy) is 1. The van der Waals surface area contributed by atoms with Crippen molar-refractivity contribution in [3.8, 4) is 5.88 Å². The molecule has 0 saturated heterocycles. The monoisotopic (exact) mass is 339 g/mol. The Morgan fingerprint density at radius 1 is 1.20 bits per heavy atom. The van der Waals surface area contributed by atoms with Gasteiger partial charge in [-0.25, -0.2) is 4.79 Å². The van der Waals surface area contributed by atoms with Gasteiger partial charge in [0.15, 0.2) is 5.82 Å². The quantitative estimate of drug-likeness (QED) is 0.584. The molecule has 4 N–H and O–H groups in total. The molecule has 1 aliphatic rings. The summed E-state index contributed by atoms with van der Waals surface area (Å²) in [5, 5.41) is 3.43. The van der Waals surface area contributed by atoms with Crippen LogP contribution in [-0.4, -0.2) is 27.7 Å². The van der Waals surface area contributed by atoms with Crippen molar-refractivity contribution >= 4 is 22.5 Å². The molecule has 0 spiro atoms. The minimum Gasteiger partial charge on any atom is -0.478 e. The smallest absolute Gasteiger partial charge is 0.326 e. The van der Waals surface area contributed by atoms with E-state index in [9.17, 15) is 4.79 Å². The van der Waals surface area contributed by atoms with Gasteiger partial charge in [0.25, 0.3) is 0 Å². The highest BCUT2D eigenvalue weighted by atomic mass is 16.5. The number of fused-ring (bicyclic) bond motifs is 3. The molecule has 1 aliphatic heterocycles. The van der Waals surface area contributed by atoms with E-state index in [0.717, 1.165) is 37.1 Å². The first kappa shape index (κ1) is 15.6. The highest BCUT2D eigenvalue weighted by Crippen LogP contribution is 2.23. The number of nitrogens with zero attached hydrogens (tertiary/aromatic N) is 2. The number of pyridine rings is 1. The average molecular weight is 339 g/mol. The third-order valence-electron chi connectivity index (χ3n) is 4.44. The van der Waals surface area contributed by atoms with Crippen molar-refractivity contribution in [1.82, 2.24) is 14.5 Å². The van der Waals surface area contributed by atoms with E-state index in [0.29, 0.717) is 30.1 Å². The molecule has 4 rings (SSSR count). The zero-order valence-corrected chi connectivity index (χ0v) is 13.9. The Kier molecular flexibility index (Phi) is 4.05. The van der Waals surface area contributed by atoms with E-state index < -0.39 is 0 Å². The van der Waals surface area contributed by atoms with Gasteiger partial charge in [0, 0.05) is 18.3 Å². The minimum absolute atomic E-state index is 0.205. The largest absolute Gasteiger partial charge is 0.478 e. The number of nitrogens with two attached hydrogens (primary N) is 1. The van der Waals surface area contributed by atoms with Crippen LogP contribution >= 0.6 is 0 Å². The lowest BCUT2D eigenvalue weighted by atomic mass is 10.2. The molecular formula is C18H21N5O2. The maximum atomic E-state index is 12.4. The third kappa shape index (κ3) is 3.17. The number of imidazole rings is 1. The number of nitrogens with one attached hydrogen (secondary N) is 2.